The number of aromatic nitrogens is 1. The molecule has 4 heteroatoms. The number of rotatable bonds is 3. The second-order valence-electron chi connectivity index (χ2n) is 4.20. The fraction of sp³-hybridized carbons (Fsp3) is 0.214. The van der Waals surface area contributed by atoms with E-state index in [1.165, 1.54) is 12.1 Å². The summed E-state index contributed by atoms with van der Waals surface area (Å²) >= 11 is 0. The number of benzene rings is 1. The summed E-state index contributed by atoms with van der Waals surface area (Å²) in [5, 5.41) is 9.97. The van der Waals surface area contributed by atoms with Crippen molar-refractivity contribution in [2.24, 2.45) is 0 Å². The van der Waals surface area contributed by atoms with Crippen LogP contribution in [0.5, 0.6) is 0 Å². The number of halogens is 2. The van der Waals surface area contributed by atoms with Gasteiger partial charge < -0.3 is 5.11 Å². The third-order valence-corrected chi connectivity index (χ3v) is 2.60. The summed E-state index contributed by atoms with van der Waals surface area (Å²) in [4.78, 5) is 4.18. The van der Waals surface area contributed by atoms with E-state index in [4.69, 9.17) is 0 Å². The number of hydrogen-bond acceptors (Lipinski definition) is 2. The average molecular weight is 249 g/mol. The fourth-order valence-electron chi connectivity index (χ4n) is 1.81. The van der Waals surface area contributed by atoms with Crippen molar-refractivity contribution in [1.82, 2.24) is 4.98 Å². The third kappa shape index (κ3) is 3.11. The molecule has 1 atom stereocenters. The smallest absolute Gasteiger partial charge is 0.126 e. The Morgan fingerprint density at radius 3 is 2.44 bits per heavy atom. The molecule has 1 heterocycles. The summed E-state index contributed by atoms with van der Waals surface area (Å²) in [6, 6.07) is 8.52. The lowest BCUT2D eigenvalue weighted by molar-refractivity contribution is 0.173. The fourth-order valence-corrected chi connectivity index (χ4v) is 1.81. The highest BCUT2D eigenvalue weighted by Crippen LogP contribution is 2.18. The van der Waals surface area contributed by atoms with Gasteiger partial charge in [0.2, 0.25) is 0 Å². The van der Waals surface area contributed by atoms with Gasteiger partial charge in [0.25, 0.3) is 0 Å². The Morgan fingerprint density at radius 2 is 1.83 bits per heavy atom. The second-order valence-corrected chi connectivity index (χ2v) is 4.20. The van der Waals surface area contributed by atoms with Crippen molar-refractivity contribution in [3.05, 3.63) is 65.0 Å². The lowest BCUT2D eigenvalue weighted by Crippen LogP contribution is -2.05. The molecule has 18 heavy (non-hydrogen) atoms. The zero-order valence-electron chi connectivity index (χ0n) is 9.90. The largest absolute Gasteiger partial charge is 0.386 e. The van der Waals surface area contributed by atoms with Crippen molar-refractivity contribution in [3.8, 4) is 0 Å². The van der Waals surface area contributed by atoms with Crippen LogP contribution in [0.1, 0.15) is 23.1 Å². The van der Waals surface area contributed by atoms with Crippen molar-refractivity contribution in [2.75, 3.05) is 0 Å². The van der Waals surface area contributed by atoms with Crippen LogP contribution >= 0.6 is 0 Å². The minimum Gasteiger partial charge on any atom is -0.386 e. The first kappa shape index (κ1) is 12.6. The van der Waals surface area contributed by atoms with Gasteiger partial charge in [0, 0.05) is 18.2 Å². The lowest BCUT2D eigenvalue weighted by atomic mass is 10.0. The standard InChI is InChI=1S/C14H13F2NO/c1-9-3-2-4-13(17-9)14(18)7-10-5-11(15)8-12(16)6-10/h2-6,8,14,18H,7H2,1H3. The summed E-state index contributed by atoms with van der Waals surface area (Å²) in [5.41, 5.74) is 1.69. The molecular formula is C14H13F2NO. The molecule has 0 fully saturated rings. The van der Waals surface area contributed by atoms with Crippen LogP contribution in [-0.2, 0) is 6.42 Å². The van der Waals surface area contributed by atoms with Gasteiger partial charge in [0.05, 0.1) is 11.8 Å². The van der Waals surface area contributed by atoms with Gasteiger partial charge in [-0.2, -0.15) is 0 Å². The van der Waals surface area contributed by atoms with Gasteiger partial charge in [-0.05, 0) is 36.8 Å². The maximum absolute atomic E-state index is 13.0. The summed E-state index contributed by atoms with van der Waals surface area (Å²) in [6.07, 6.45) is -0.739. The van der Waals surface area contributed by atoms with Gasteiger partial charge >= 0.3 is 0 Å². The topological polar surface area (TPSA) is 33.1 Å². The SMILES string of the molecule is Cc1cccc(C(O)Cc2cc(F)cc(F)c2)n1. The molecule has 2 aromatic rings. The molecule has 1 aromatic carbocycles. The number of aliphatic hydroxyl groups is 1. The Hall–Kier alpha value is -1.81. The van der Waals surface area contributed by atoms with E-state index < -0.39 is 17.7 Å². The summed E-state index contributed by atoms with van der Waals surface area (Å²) < 4.78 is 26.0. The highest BCUT2D eigenvalue weighted by molar-refractivity contribution is 5.21. The molecule has 0 amide bonds. The van der Waals surface area contributed by atoms with Crippen molar-refractivity contribution >= 4 is 0 Å². The van der Waals surface area contributed by atoms with Crippen molar-refractivity contribution in [3.63, 3.8) is 0 Å². The number of hydrogen-bond donors (Lipinski definition) is 1. The predicted octanol–water partition coefficient (Wildman–Crippen LogP) is 2.94. The van der Waals surface area contributed by atoms with Crippen LogP contribution in [0, 0.1) is 18.6 Å². The number of aliphatic hydroxyl groups excluding tert-OH is 1. The highest BCUT2D eigenvalue weighted by atomic mass is 19.1. The van der Waals surface area contributed by atoms with E-state index in [9.17, 15) is 13.9 Å². The molecular weight excluding hydrogens is 236 g/mol. The van der Waals surface area contributed by atoms with E-state index in [-0.39, 0.29) is 6.42 Å². The molecule has 94 valence electrons. The molecule has 1 aromatic heterocycles. The molecule has 1 unspecified atom stereocenters. The molecule has 1 N–H and O–H groups in total. The maximum Gasteiger partial charge on any atom is 0.126 e. The second kappa shape index (κ2) is 5.23. The van der Waals surface area contributed by atoms with Gasteiger partial charge in [-0.25, -0.2) is 8.78 Å². The monoisotopic (exact) mass is 249 g/mol. The summed E-state index contributed by atoms with van der Waals surface area (Å²) in [7, 11) is 0. The lowest BCUT2D eigenvalue weighted by Gasteiger charge is -2.11. The van der Waals surface area contributed by atoms with Crippen LogP contribution in [0.25, 0.3) is 0 Å². The molecule has 2 nitrogen and oxygen atoms in total. The van der Waals surface area contributed by atoms with Crippen LogP contribution in [0.4, 0.5) is 8.78 Å². The Balaban J connectivity index is 2.18. The van der Waals surface area contributed by atoms with Gasteiger partial charge in [0.15, 0.2) is 0 Å². The third-order valence-electron chi connectivity index (χ3n) is 2.60. The zero-order valence-corrected chi connectivity index (χ0v) is 9.90. The number of nitrogens with zero attached hydrogens (tertiary/aromatic N) is 1. The highest BCUT2D eigenvalue weighted by Gasteiger charge is 2.11. The molecule has 0 saturated heterocycles. The molecule has 0 bridgehead atoms. The summed E-state index contributed by atoms with van der Waals surface area (Å²) in [5.74, 6) is -1.29. The molecule has 0 aliphatic rings. The van der Waals surface area contributed by atoms with E-state index in [0.717, 1.165) is 11.8 Å². The first-order chi connectivity index (χ1) is 8.54. The van der Waals surface area contributed by atoms with Gasteiger partial charge in [-0.3, -0.25) is 4.98 Å². The number of aryl methyl sites for hydroxylation is 1. The molecule has 0 spiro atoms. The van der Waals surface area contributed by atoms with Crippen molar-refractivity contribution in [1.29, 1.82) is 0 Å². The Morgan fingerprint density at radius 1 is 1.17 bits per heavy atom. The van der Waals surface area contributed by atoms with Crippen LogP contribution in [0.3, 0.4) is 0 Å². The Labute approximate surface area is 104 Å². The molecule has 0 saturated carbocycles. The van der Waals surface area contributed by atoms with Gasteiger partial charge in [-0.15, -0.1) is 0 Å². The molecule has 2 rings (SSSR count). The van der Waals surface area contributed by atoms with E-state index in [2.05, 4.69) is 4.98 Å². The Bertz CT molecular complexity index is 537. The van der Waals surface area contributed by atoms with Crippen molar-refractivity contribution < 1.29 is 13.9 Å². The summed E-state index contributed by atoms with van der Waals surface area (Å²) in [6.45, 7) is 1.82. The van der Waals surface area contributed by atoms with Crippen molar-refractivity contribution in [2.45, 2.75) is 19.4 Å². The van der Waals surface area contributed by atoms with E-state index in [1.54, 1.807) is 12.1 Å². The Kier molecular flexibility index (Phi) is 3.67. The molecule has 0 radical (unpaired) electrons. The number of pyridine rings is 1. The average Bonchev–Trinajstić information content (AvgIpc) is 2.27. The molecule has 0 aliphatic heterocycles. The first-order valence-corrected chi connectivity index (χ1v) is 5.61. The van der Waals surface area contributed by atoms with Crippen LogP contribution in [-0.4, -0.2) is 10.1 Å². The van der Waals surface area contributed by atoms with Crippen LogP contribution in [0.2, 0.25) is 0 Å². The molecule has 0 aliphatic carbocycles. The van der Waals surface area contributed by atoms with E-state index in [1.807, 2.05) is 13.0 Å². The first-order valence-electron chi connectivity index (χ1n) is 5.61. The maximum atomic E-state index is 13.0. The quantitative estimate of drug-likeness (QED) is 0.907. The van der Waals surface area contributed by atoms with E-state index >= 15 is 0 Å². The minimum atomic E-state index is -0.869. The zero-order chi connectivity index (χ0) is 13.1. The normalized spacial score (nSPS) is 12.4. The van der Waals surface area contributed by atoms with E-state index in [0.29, 0.717) is 11.3 Å². The predicted molar refractivity (Wildman–Crippen MR) is 64.0 cm³/mol. The van der Waals surface area contributed by atoms with Gasteiger partial charge in [0.1, 0.15) is 11.6 Å². The minimum absolute atomic E-state index is 0.130. The van der Waals surface area contributed by atoms with Crippen LogP contribution < -0.4 is 0 Å². The van der Waals surface area contributed by atoms with Crippen LogP contribution in [0.15, 0.2) is 36.4 Å². The van der Waals surface area contributed by atoms with Gasteiger partial charge in [-0.1, -0.05) is 6.07 Å².